The minimum Gasteiger partial charge on any atom is -0.356 e. The number of carbonyl (C=O) groups excluding carboxylic acids is 1. The predicted octanol–water partition coefficient (Wildman–Crippen LogP) is 6.16. The molecule has 2 aromatic carbocycles. The first kappa shape index (κ1) is 21.6. The van der Waals surface area contributed by atoms with Crippen LogP contribution in [-0.4, -0.2) is 18.6 Å². The number of fused-ring (bicyclic) bond motifs is 1. The molecule has 2 aromatic rings. The molecule has 29 heavy (non-hydrogen) atoms. The maximum Gasteiger partial charge on any atom is 0.256 e. The quantitative estimate of drug-likeness (QED) is 0.582. The van der Waals surface area contributed by atoms with E-state index in [4.69, 9.17) is 33.2 Å². The van der Waals surface area contributed by atoms with Crippen molar-refractivity contribution in [2.24, 2.45) is 5.41 Å². The summed E-state index contributed by atoms with van der Waals surface area (Å²) >= 11 is 12.8. The summed E-state index contributed by atoms with van der Waals surface area (Å²) in [5, 5.41) is 10.2. The van der Waals surface area contributed by atoms with E-state index < -0.39 is 12.2 Å². The van der Waals surface area contributed by atoms with Crippen molar-refractivity contribution in [2.45, 2.75) is 45.8 Å². The SMILES string of the molecule is CC(C)(C)CN1C(=O)[C@H](CCC#N)O[C@@H](c2ccccc2Cl)c2cc(Cl)ccc21. The van der Waals surface area contributed by atoms with Gasteiger partial charge in [-0.2, -0.15) is 5.26 Å². The predicted molar refractivity (Wildman–Crippen MR) is 116 cm³/mol. The Morgan fingerprint density at radius 1 is 1.14 bits per heavy atom. The summed E-state index contributed by atoms with van der Waals surface area (Å²) < 4.78 is 6.33. The Kier molecular flexibility index (Phi) is 6.53. The lowest BCUT2D eigenvalue weighted by molar-refractivity contribution is -0.132. The second-order valence-electron chi connectivity index (χ2n) is 8.41. The molecule has 6 heteroatoms. The van der Waals surface area contributed by atoms with Crippen LogP contribution in [0, 0.1) is 16.7 Å². The number of benzene rings is 2. The highest BCUT2D eigenvalue weighted by atomic mass is 35.5. The van der Waals surface area contributed by atoms with E-state index in [1.54, 1.807) is 17.0 Å². The number of ether oxygens (including phenoxy) is 1. The first-order chi connectivity index (χ1) is 13.7. The second kappa shape index (κ2) is 8.75. The van der Waals surface area contributed by atoms with Gasteiger partial charge in [0.15, 0.2) is 0 Å². The highest BCUT2D eigenvalue weighted by molar-refractivity contribution is 6.31. The zero-order valence-corrected chi connectivity index (χ0v) is 18.3. The van der Waals surface area contributed by atoms with Gasteiger partial charge in [-0.15, -0.1) is 0 Å². The number of hydrogen-bond donors (Lipinski definition) is 0. The molecule has 0 saturated carbocycles. The average molecular weight is 431 g/mol. The lowest BCUT2D eigenvalue weighted by Gasteiger charge is -2.31. The molecular formula is C23H24Cl2N2O2. The van der Waals surface area contributed by atoms with Gasteiger partial charge in [0, 0.05) is 39.8 Å². The maximum absolute atomic E-state index is 13.5. The van der Waals surface area contributed by atoms with Crippen LogP contribution in [0.4, 0.5) is 5.69 Å². The van der Waals surface area contributed by atoms with Gasteiger partial charge in [0.25, 0.3) is 5.91 Å². The molecule has 0 unspecified atom stereocenters. The average Bonchev–Trinajstić information content (AvgIpc) is 2.75. The van der Waals surface area contributed by atoms with Crippen LogP contribution in [0.5, 0.6) is 0 Å². The molecule has 1 aliphatic heterocycles. The molecule has 0 saturated heterocycles. The fraction of sp³-hybridized carbons (Fsp3) is 0.391. The Bertz CT molecular complexity index is 947. The molecule has 1 aliphatic rings. The lowest BCUT2D eigenvalue weighted by Crippen LogP contribution is -2.43. The summed E-state index contributed by atoms with van der Waals surface area (Å²) in [5.41, 5.74) is 2.20. The van der Waals surface area contributed by atoms with Crippen LogP contribution >= 0.6 is 23.2 Å². The van der Waals surface area contributed by atoms with E-state index in [0.29, 0.717) is 23.0 Å². The van der Waals surface area contributed by atoms with E-state index in [2.05, 4.69) is 26.8 Å². The number of hydrogen-bond acceptors (Lipinski definition) is 3. The molecule has 0 aromatic heterocycles. The minimum atomic E-state index is -0.746. The van der Waals surface area contributed by atoms with Crippen LogP contribution in [0.2, 0.25) is 10.0 Å². The molecule has 0 radical (unpaired) electrons. The van der Waals surface area contributed by atoms with Gasteiger partial charge in [-0.05, 0) is 36.1 Å². The highest BCUT2D eigenvalue weighted by Gasteiger charge is 2.38. The second-order valence-corrected chi connectivity index (χ2v) is 9.25. The maximum atomic E-state index is 13.5. The van der Waals surface area contributed by atoms with E-state index in [1.807, 2.05) is 30.3 Å². The van der Waals surface area contributed by atoms with Crippen LogP contribution in [0.25, 0.3) is 0 Å². The Hall–Kier alpha value is -2.06. The van der Waals surface area contributed by atoms with E-state index in [0.717, 1.165) is 16.8 Å². The molecule has 3 rings (SSSR count). The number of amides is 1. The fourth-order valence-electron chi connectivity index (χ4n) is 3.52. The fourth-order valence-corrected chi connectivity index (χ4v) is 3.94. The molecule has 0 aliphatic carbocycles. The molecule has 4 nitrogen and oxygen atoms in total. The summed E-state index contributed by atoms with van der Waals surface area (Å²) in [6.45, 7) is 6.76. The van der Waals surface area contributed by atoms with Crippen LogP contribution < -0.4 is 4.90 Å². The molecule has 0 fully saturated rings. The van der Waals surface area contributed by atoms with Crippen molar-refractivity contribution in [1.29, 1.82) is 5.26 Å². The topological polar surface area (TPSA) is 53.3 Å². The van der Waals surface area contributed by atoms with Crippen molar-refractivity contribution in [3.8, 4) is 6.07 Å². The molecule has 152 valence electrons. The standard InChI is InChI=1S/C23H24Cl2N2O2/c1-23(2,3)14-27-19-11-10-15(24)13-17(19)21(16-7-4-5-8-18(16)25)29-20(22(27)28)9-6-12-26/h4-5,7-8,10-11,13,20-21H,6,9,14H2,1-3H3/t20-,21-/m0/s1. The first-order valence-electron chi connectivity index (χ1n) is 9.59. The Morgan fingerprint density at radius 3 is 2.52 bits per heavy atom. The lowest BCUT2D eigenvalue weighted by atomic mass is 9.94. The van der Waals surface area contributed by atoms with Crippen molar-refractivity contribution in [3.05, 3.63) is 63.6 Å². The molecule has 0 N–H and O–H groups in total. The largest absolute Gasteiger partial charge is 0.356 e. The number of rotatable bonds is 4. The third-order valence-electron chi connectivity index (χ3n) is 4.74. The number of carbonyl (C=O) groups is 1. The Balaban J connectivity index is 2.19. The number of anilines is 1. The zero-order chi connectivity index (χ0) is 21.2. The molecular weight excluding hydrogens is 407 g/mol. The third-order valence-corrected chi connectivity index (χ3v) is 5.32. The molecule has 2 atom stereocenters. The van der Waals surface area contributed by atoms with Crippen LogP contribution in [-0.2, 0) is 9.53 Å². The van der Waals surface area contributed by atoms with E-state index in [9.17, 15) is 4.79 Å². The van der Waals surface area contributed by atoms with Gasteiger partial charge < -0.3 is 9.64 Å². The van der Waals surface area contributed by atoms with Gasteiger partial charge in [0.2, 0.25) is 0 Å². The zero-order valence-electron chi connectivity index (χ0n) is 16.8. The minimum absolute atomic E-state index is 0.128. The first-order valence-corrected chi connectivity index (χ1v) is 10.3. The van der Waals surface area contributed by atoms with E-state index >= 15 is 0 Å². The summed E-state index contributed by atoms with van der Waals surface area (Å²) in [5.74, 6) is -0.145. The van der Waals surface area contributed by atoms with Crippen molar-refractivity contribution < 1.29 is 9.53 Å². The van der Waals surface area contributed by atoms with Gasteiger partial charge in [-0.25, -0.2) is 0 Å². The van der Waals surface area contributed by atoms with Crippen LogP contribution in [0.1, 0.15) is 50.8 Å². The summed E-state index contributed by atoms with van der Waals surface area (Å²) in [4.78, 5) is 15.2. The number of nitriles is 1. The molecule has 0 bridgehead atoms. The van der Waals surface area contributed by atoms with E-state index in [-0.39, 0.29) is 17.7 Å². The molecule has 1 amide bonds. The van der Waals surface area contributed by atoms with Gasteiger partial charge in [0.1, 0.15) is 12.2 Å². The number of halogens is 2. The van der Waals surface area contributed by atoms with Crippen molar-refractivity contribution in [2.75, 3.05) is 11.4 Å². The highest BCUT2D eigenvalue weighted by Crippen LogP contribution is 2.42. The van der Waals surface area contributed by atoms with Crippen molar-refractivity contribution in [3.63, 3.8) is 0 Å². The summed E-state index contributed by atoms with van der Waals surface area (Å²) in [6, 6.07) is 15.0. The smallest absolute Gasteiger partial charge is 0.256 e. The normalized spacial score (nSPS) is 19.4. The molecule has 1 heterocycles. The molecule has 0 spiro atoms. The van der Waals surface area contributed by atoms with Gasteiger partial charge in [-0.1, -0.05) is 62.2 Å². The van der Waals surface area contributed by atoms with Gasteiger partial charge in [0.05, 0.1) is 6.07 Å². The van der Waals surface area contributed by atoms with Crippen LogP contribution in [0.15, 0.2) is 42.5 Å². The summed E-state index contributed by atoms with van der Waals surface area (Å²) in [7, 11) is 0. The third kappa shape index (κ3) is 4.93. The number of nitrogens with zero attached hydrogens (tertiary/aromatic N) is 2. The Morgan fingerprint density at radius 2 is 1.86 bits per heavy atom. The van der Waals surface area contributed by atoms with Crippen molar-refractivity contribution >= 4 is 34.8 Å². The van der Waals surface area contributed by atoms with Gasteiger partial charge >= 0.3 is 0 Å². The van der Waals surface area contributed by atoms with Gasteiger partial charge in [-0.3, -0.25) is 4.79 Å². The van der Waals surface area contributed by atoms with Crippen LogP contribution in [0.3, 0.4) is 0 Å². The monoisotopic (exact) mass is 430 g/mol. The Labute approximate surface area is 182 Å². The van der Waals surface area contributed by atoms with Crippen molar-refractivity contribution in [1.82, 2.24) is 0 Å². The van der Waals surface area contributed by atoms with E-state index in [1.165, 1.54) is 0 Å². The summed E-state index contributed by atoms with van der Waals surface area (Å²) in [6.07, 6.45) is -0.760.